The van der Waals surface area contributed by atoms with Gasteiger partial charge in [0.15, 0.2) is 0 Å². The number of nitrogens with two attached hydrogens (primary N) is 1. The average molecular weight is 259 g/mol. The topological polar surface area (TPSA) is 67.8 Å². The van der Waals surface area contributed by atoms with Crippen molar-refractivity contribution in [3.63, 3.8) is 0 Å². The fourth-order valence-corrected chi connectivity index (χ4v) is 1.65. The van der Waals surface area contributed by atoms with Crippen molar-refractivity contribution in [3.8, 4) is 5.75 Å². The lowest BCUT2D eigenvalue weighted by molar-refractivity contribution is 0.317. The van der Waals surface area contributed by atoms with E-state index in [1.54, 1.807) is 7.11 Å². The first-order valence-electron chi connectivity index (χ1n) is 3.96. The van der Waals surface area contributed by atoms with Crippen molar-refractivity contribution in [2.75, 3.05) is 7.11 Å². The van der Waals surface area contributed by atoms with Crippen LogP contribution in [0.4, 0.5) is 0 Å². The lowest BCUT2D eigenvalue weighted by Gasteiger charge is -2.05. The number of nitrogens with zero attached hydrogens (tertiary/aromatic N) is 1. The normalized spacial score (nSPS) is 11.4. The maximum atomic E-state index is 8.39. The van der Waals surface area contributed by atoms with E-state index < -0.39 is 0 Å². The second-order valence-corrected chi connectivity index (χ2v) is 3.59. The Morgan fingerprint density at radius 3 is 2.86 bits per heavy atom. The van der Waals surface area contributed by atoms with Crippen molar-refractivity contribution in [1.29, 1.82) is 0 Å². The van der Waals surface area contributed by atoms with Gasteiger partial charge in [0.05, 0.1) is 11.6 Å². The van der Waals surface area contributed by atoms with Gasteiger partial charge < -0.3 is 15.7 Å². The number of amidine groups is 1. The van der Waals surface area contributed by atoms with Gasteiger partial charge in [-0.2, -0.15) is 0 Å². The molecule has 76 valence electrons. The van der Waals surface area contributed by atoms with Crippen LogP contribution in [-0.2, 0) is 6.42 Å². The summed E-state index contributed by atoms with van der Waals surface area (Å²) < 4.78 is 5.92. The van der Waals surface area contributed by atoms with Crippen LogP contribution in [-0.4, -0.2) is 18.2 Å². The highest BCUT2D eigenvalue weighted by atomic mass is 79.9. The molecule has 0 saturated heterocycles. The molecule has 0 aliphatic rings. The standard InChI is InChI=1S/C9H11BrN2O2/c1-14-8-3-2-6(4-7(8)10)5-9(11)12-13/h2-4,13H,5H2,1H3,(H2,11,12). The summed E-state index contributed by atoms with van der Waals surface area (Å²) in [5.74, 6) is 0.940. The van der Waals surface area contributed by atoms with E-state index in [4.69, 9.17) is 15.7 Å². The highest BCUT2D eigenvalue weighted by Gasteiger charge is 2.02. The maximum Gasteiger partial charge on any atom is 0.143 e. The van der Waals surface area contributed by atoms with Gasteiger partial charge in [0.2, 0.25) is 0 Å². The van der Waals surface area contributed by atoms with E-state index in [1.165, 1.54) is 0 Å². The van der Waals surface area contributed by atoms with E-state index >= 15 is 0 Å². The summed E-state index contributed by atoms with van der Waals surface area (Å²) in [5, 5.41) is 11.3. The Balaban J connectivity index is 2.86. The van der Waals surface area contributed by atoms with Crippen LogP contribution in [0.2, 0.25) is 0 Å². The van der Waals surface area contributed by atoms with Crippen LogP contribution in [0.1, 0.15) is 5.56 Å². The van der Waals surface area contributed by atoms with Gasteiger partial charge in [-0.05, 0) is 33.6 Å². The van der Waals surface area contributed by atoms with Gasteiger partial charge in [-0.3, -0.25) is 0 Å². The zero-order valence-corrected chi connectivity index (χ0v) is 9.28. The van der Waals surface area contributed by atoms with Gasteiger partial charge in [-0.25, -0.2) is 0 Å². The molecule has 0 amide bonds. The van der Waals surface area contributed by atoms with E-state index in [0.29, 0.717) is 6.42 Å². The van der Waals surface area contributed by atoms with Crippen LogP contribution in [0, 0.1) is 0 Å². The lowest BCUT2D eigenvalue weighted by atomic mass is 10.1. The van der Waals surface area contributed by atoms with E-state index in [1.807, 2.05) is 18.2 Å². The zero-order chi connectivity index (χ0) is 10.6. The van der Waals surface area contributed by atoms with Crippen molar-refractivity contribution in [3.05, 3.63) is 28.2 Å². The minimum atomic E-state index is 0.182. The summed E-state index contributed by atoms with van der Waals surface area (Å²) >= 11 is 3.35. The predicted octanol–water partition coefficient (Wildman–Crippen LogP) is 1.75. The molecule has 5 heteroatoms. The van der Waals surface area contributed by atoms with E-state index in [0.717, 1.165) is 15.8 Å². The minimum Gasteiger partial charge on any atom is -0.496 e. The summed E-state index contributed by atoms with van der Waals surface area (Å²) in [6, 6.07) is 5.56. The van der Waals surface area contributed by atoms with Gasteiger partial charge in [-0.1, -0.05) is 11.2 Å². The Labute approximate surface area is 90.5 Å². The molecule has 0 fully saturated rings. The van der Waals surface area contributed by atoms with Crippen LogP contribution in [0.5, 0.6) is 5.75 Å². The first kappa shape index (κ1) is 10.8. The minimum absolute atomic E-state index is 0.182. The first-order chi connectivity index (χ1) is 6.67. The lowest BCUT2D eigenvalue weighted by Crippen LogP contribution is -2.14. The highest BCUT2D eigenvalue weighted by molar-refractivity contribution is 9.10. The Kier molecular flexibility index (Phi) is 3.76. The molecule has 1 rings (SSSR count). The molecule has 0 atom stereocenters. The molecule has 0 spiro atoms. The molecule has 0 aromatic heterocycles. The molecule has 3 N–H and O–H groups in total. The van der Waals surface area contributed by atoms with Gasteiger partial charge in [0, 0.05) is 6.42 Å². The Morgan fingerprint density at radius 2 is 2.36 bits per heavy atom. The molecular weight excluding hydrogens is 248 g/mol. The molecule has 0 saturated carbocycles. The Bertz CT molecular complexity index is 353. The third-order valence-electron chi connectivity index (χ3n) is 1.73. The highest BCUT2D eigenvalue weighted by Crippen LogP contribution is 2.25. The molecule has 4 nitrogen and oxygen atoms in total. The molecule has 0 unspecified atom stereocenters. The van der Waals surface area contributed by atoms with Crippen LogP contribution >= 0.6 is 15.9 Å². The van der Waals surface area contributed by atoms with Crippen LogP contribution in [0.3, 0.4) is 0 Å². The zero-order valence-electron chi connectivity index (χ0n) is 7.70. The molecule has 1 aromatic rings. The molecule has 0 aliphatic carbocycles. The van der Waals surface area contributed by atoms with Gasteiger partial charge in [-0.15, -0.1) is 0 Å². The summed E-state index contributed by atoms with van der Waals surface area (Å²) in [5.41, 5.74) is 6.33. The van der Waals surface area contributed by atoms with Crippen molar-refractivity contribution in [2.45, 2.75) is 6.42 Å². The van der Waals surface area contributed by atoms with E-state index in [9.17, 15) is 0 Å². The number of oxime groups is 1. The predicted molar refractivity (Wildman–Crippen MR) is 57.8 cm³/mol. The molecular formula is C9H11BrN2O2. The second kappa shape index (κ2) is 4.85. The first-order valence-corrected chi connectivity index (χ1v) is 4.75. The number of rotatable bonds is 3. The summed E-state index contributed by atoms with van der Waals surface area (Å²) in [6.07, 6.45) is 0.416. The molecule has 1 aromatic carbocycles. The SMILES string of the molecule is COc1ccc(C/C(N)=N/O)cc1Br. The molecule has 0 heterocycles. The van der Waals surface area contributed by atoms with Crippen LogP contribution in [0.25, 0.3) is 0 Å². The summed E-state index contributed by atoms with van der Waals surface area (Å²) in [7, 11) is 1.60. The van der Waals surface area contributed by atoms with E-state index in [-0.39, 0.29) is 5.84 Å². The van der Waals surface area contributed by atoms with Crippen molar-refractivity contribution in [2.24, 2.45) is 10.9 Å². The molecule has 0 aliphatic heterocycles. The monoisotopic (exact) mass is 258 g/mol. The summed E-state index contributed by atoms with van der Waals surface area (Å²) in [4.78, 5) is 0. The number of halogens is 1. The number of hydrogen-bond donors (Lipinski definition) is 2. The smallest absolute Gasteiger partial charge is 0.143 e. The van der Waals surface area contributed by atoms with E-state index in [2.05, 4.69) is 21.1 Å². The fraction of sp³-hybridized carbons (Fsp3) is 0.222. The van der Waals surface area contributed by atoms with Gasteiger partial charge >= 0.3 is 0 Å². The van der Waals surface area contributed by atoms with Crippen LogP contribution in [0.15, 0.2) is 27.8 Å². The Morgan fingerprint density at radius 1 is 1.64 bits per heavy atom. The number of benzene rings is 1. The second-order valence-electron chi connectivity index (χ2n) is 2.74. The van der Waals surface area contributed by atoms with Gasteiger partial charge in [0.1, 0.15) is 11.6 Å². The quantitative estimate of drug-likeness (QED) is 0.376. The van der Waals surface area contributed by atoms with Crippen molar-refractivity contribution >= 4 is 21.8 Å². The Hall–Kier alpha value is -1.23. The average Bonchev–Trinajstić information content (AvgIpc) is 2.18. The number of methoxy groups -OCH3 is 1. The third kappa shape index (κ3) is 2.63. The molecule has 14 heavy (non-hydrogen) atoms. The number of ether oxygens (including phenoxy) is 1. The van der Waals surface area contributed by atoms with Crippen LogP contribution < -0.4 is 10.5 Å². The van der Waals surface area contributed by atoms with Crippen molar-refractivity contribution in [1.82, 2.24) is 0 Å². The largest absolute Gasteiger partial charge is 0.496 e. The molecule has 0 bridgehead atoms. The van der Waals surface area contributed by atoms with Gasteiger partial charge in [0.25, 0.3) is 0 Å². The maximum absolute atomic E-state index is 8.39. The number of hydrogen-bond acceptors (Lipinski definition) is 3. The fourth-order valence-electron chi connectivity index (χ4n) is 1.06. The van der Waals surface area contributed by atoms with Crippen molar-refractivity contribution < 1.29 is 9.94 Å². The molecule has 0 radical (unpaired) electrons. The third-order valence-corrected chi connectivity index (χ3v) is 2.35. The summed E-state index contributed by atoms with van der Waals surface area (Å²) in [6.45, 7) is 0.